The monoisotopic (exact) mass is 114 g/mol. The number of hydrogen-bond donors (Lipinski definition) is 2. The second kappa shape index (κ2) is 1.61. The molecule has 1 aromatic heterocycles. The first-order valence-electron chi connectivity index (χ1n) is 1.96. The van der Waals surface area contributed by atoms with E-state index < -0.39 is 0 Å². The van der Waals surface area contributed by atoms with Crippen molar-refractivity contribution < 1.29 is 10.1 Å². The molecule has 0 aromatic carbocycles. The van der Waals surface area contributed by atoms with Gasteiger partial charge in [0.05, 0.1) is 17.4 Å². The SMILES string of the molecule is O=[N+](O)c1cc[nH]n1. The van der Waals surface area contributed by atoms with Gasteiger partial charge in [0, 0.05) is 0 Å². The summed E-state index contributed by atoms with van der Waals surface area (Å²) in [4.78, 5) is 9.59. The second-order valence-corrected chi connectivity index (χ2v) is 1.21. The number of aromatic amines is 1. The van der Waals surface area contributed by atoms with Crippen LogP contribution >= 0.6 is 0 Å². The van der Waals surface area contributed by atoms with E-state index in [1.807, 2.05) is 0 Å². The molecule has 0 radical (unpaired) electrons. The number of hydrogen-bond acceptors (Lipinski definition) is 2. The van der Waals surface area contributed by atoms with Gasteiger partial charge in [0.25, 0.3) is 0 Å². The van der Waals surface area contributed by atoms with Crippen LogP contribution in [0.2, 0.25) is 0 Å². The van der Waals surface area contributed by atoms with Crippen molar-refractivity contribution in [1.82, 2.24) is 10.2 Å². The number of aromatic nitrogens is 2. The summed E-state index contributed by atoms with van der Waals surface area (Å²) in [6.45, 7) is 0. The van der Waals surface area contributed by atoms with E-state index in [0.29, 0.717) is 0 Å². The summed E-state index contributed by atoms with van der Waals surface area (Å²) in [5, 5.41) is 13.8. The molecule has 1 rings (SSSR count). The van der Waals surface area contributed by atoms with Crippen LogP contribution in [0.15, 0.2) is 12.3 Å². The Morgan fingerprint density at radius 3 is 2.88 bits per heavy atom. The van der Waals surface area contributed by atoms with Crippen LogP contribution in [-0.2, 0) is 0 Å². The zero-order valence-corrected chi connectivity index (χ0v) is 3.90. The Morgan fingerprint density at radius 2 is 2.62 bits per heavy atom. The molecular weight excluding hydrogens is 110 g/mol. The fourth-order valence-corrected chi connectivity index (χ4v) is 0.359. The minimum Gasteiger partial charge on any atom is -0.313 e. The highest BCUT2D eigenvalue weighted by Crippen LogP contribution is 1.98. The molecule has 0 atom stereocenters. The zero-order valence-electron chi connectivity index (χ0n) is 3.90. The van der Waals surface area contributed by atoms with Gasteiger partial charge in [-0.25, -0.2) is 0 Å². The normalized spacial score (nSPS) is 9.00. The van der Waals surface area contributed by atoms with E-state index in [1.165, 1.54) is 12.3 Å². The fourth-order valence-electron chi connectivity index (χ4n) is 0.359. The lowest BCUT2D eigenvalue weighted by molar-refractivity contribution is -0.732. The van der Waals surface area contributed by atoms with Crippen molar-refractivity contribution in [3.05, 3.63) is 17.2 Å². The van der Waals surface area contributed by atoms with Crippen molar-refractivity contribution in [3.63, 3.8) is 0 Å². The first-order chi connectivity index (χ1) is 3.80. The summed E-state index contributed by atoms with van der Waals surface area (Å²) < 4.78 is 0. The molecule has 5 heteroatoms. The number of nitrogens with one attached hydrogen (secondary N) is 1. The smallest absolute Gasteiger partial charge is 0.313 e. The summed E-state index contributed by atoms with van der Waals surface area (Å²) in [5.74, 6) is -0.0370. The van der Waals surface area contributed by atoms with Gasteiger partial charge in [-0.2, -0.15) is 5.10 Å². The number of rotatable bonds is 1. The lowest BCUT2D eigenvalue weighted by atomic mass is 10.7. The maximum absolute atomic E-state index is 9.90. The predicted octanol–water partition coefficient (Wildman–Crippen LogP) is 0.209. The Labute approximate surface area is 44.5 Å². The minimum absolute atomic E-state index is 0.0370. The number of H-pyrrole nitrogens is 1. The molecule has 5 nitrogen and oxygen atoms in total. The van der Waals surface area contributed by atoms with Crippen LogP contribution in [0.4, 0.5) is 5.82 Å². The fraction of sp³-hybridized carbons (Fsp3) is 0. The number of nitrogens with zero attached hydrogens (tertiary/aromatic N) is 2. The van der Waals surface area contributed by atoms with E-state index in [0.717, 1.165) is 0 Å². The molecule has 0 saturated carbocycles. The quantitative estimate of drug-likeness (QED) is 0.512. The van der Waals surface area contributed by atoms with Crippen LogP contribution in [0, 0.1) is 4.91 Å². The van der Waals surface area contributed by atoms with Crippen molar-refractivity contribution in [2.75, 3.05) is 0 Å². The van der Waals surface area contributed by atoms with Crippen molar-refractivity contribution in [1.29, 1.82) is 0 Å². The molecule has 1 aromatic rings. The van der Waals surface area contributed by atoms with Crippen molar-refractivity contribution in [2.24, 2.45) is 0 Å². The van der Waals surface area contributed by atoms with Gasteiger partial charge in [0.1, 0.15) is 0 Å². The molecule has 2 N–H and O–H groups in total. The van der Waals surface area contributed by atoms with Crippen LogP contribution in [0.5, 0.6) is 0 Å². The third-order valence-corrected chi connectivity index (χ3v) is 0.682. The third-order valence-electron chi connectivity index (χ3n) is 0.682. The Balaban J connectivity index is 2.93. The van der Waals surface area contributed by atoms with Gasteiger partial charge in [0.2, 0.25) is 0 Å². The molecule has 0 aliphatic rings. The molecule has 0 bridgehead atoms. The Bertz CT molecular complexity index is 180. The van der Waals surface area contributed by atoms with Crippen LogP contribution in [0.3, 0.4) is 0 Å². The van der Waals surface area contributed by atoms with E-state index in [-0.39, 0.29) is 10.7 Å². The highest BCUT2D eigenvalue weighted by Gasteiger charge is 2.10. The maximum Gasteiger partial charge on any atom is 0.433 e. The molecule has 8 heavy (non-hydrogen) atoms. The highest BCUT2D eigenvalue weighted by atomic mass is 16.6. The van der Waals surface area contributed by atoms with Crippen molar-refractivity contribution in [3.8, 4) is 0 Å². The minimum atomic E-state index is -0.309. The lowest BCUT2D eigenvalue weighted by Gasteiger charge is -1.68. The van der Waals surface area contributed by atoms with Crippen molar-refractivity contribution >= 4 is 5.82 Å². The summed E-state index contributed by atoms with van der Waals surface area (Å²) in [7, 11) is 0. The summed E-state index contributed by atoms with van der Waals surface area (Å²) in [6, 6.07) is 1.35. The van der Waals surface area contributed by atoms with Crippen LogP contribution in [0.25, 0.3) is 0 Å². The molecular formula is C3H4N3O2+. The third kappa shape index (κ3) is 0.651. The van der Waals surface area contributed by atoms with Crippen LogP contribution in [-0.4, -0.2) is 20.3 Å². The summed E-state index contributed by atoms with van der Waals surface area (Å²) in [5.41, 5.74) is 0. The van der Waals surface area contributed by atoms with Gasteiger partial charge in [-0.1, -0.05) is 0 Å². The lowest BCUT2D eigenvalue weighted by Crippen LogP contribution is -1.90. The molecule has 0 aliphatic carbocycles. The Hall–Kier alpha value is -1.39. The first-order valence-corrected chi connectivity index (χ1v) is 1.96. The van der Waals surface area contributed by atoms with E-state index in [1.54, 1.807) is 0 Å². The van der Waals surface area contributed by atoms with E-state index in [2.05, 4.69) is 10.2 Å². The molecule has 0 spiro atoms. The van der Waals surface area contributed by atoms with Gasteiger partial charge in [-0.05, 0) is 4.91 Å². The topological polar surface area (TPSA) is 69.0 Å². The molecule has 0 unspecified atom stereocenters. The first kappa shape index (κ1) is 4.76. The zero-order chi connectivity index (χ0) is 5.98. The maximum atomic E-state index is 9.90. The standard InChI is InChI=1S/C3H4N3O2/c7-6(8)3-1-2-4-5-3/h1-2H,(H,4,5)(H,7,8)/q+1. The van der Waals surface area contributed by atoms with E-state index >= 15 is 0 Å². The Morgan fingerprint density at radius 1 is 1.88 bits per heavy atom. The molecule has 0 fully saturated rings. The van der Waals surface area contributed by atoms with Gasteiger partial charge in [0.15, 0.2) is 4.92 Å². The summed E-state index contributed by atoms with van der Waals surface area (Å²) in [6.07, 6.45) is 1.44. The average molecular weight is 114 g/mol. The summed E-state index contributed by atoms with van der Waals surface area (Å²) >= 11 is 0. The van der Waals surface area contributed by atoms with Gasteiger partial charge in [-0.15, -0.1) is 0 Å². The van der Waals surface area contributed by atoms with Gasteiger partial charge < -0.3 is 5.21 Å². The molecule has 0 saturated heterocycles. The molecule has 0 amide bonds. The van der Waals surface area contributed by atoms with Gasteiger partial charge >= 0.3 is 5.82 Å². The molecule has 42 valence electrons. The van der Waals surface area contributed by atoms with Gasteiger partial charge in [-0.3, -0.25) is 0 Å². The highest BCUT2D eigenvalue weighted by molar-refractivity contribution is 5.11. The molecule has 1 heterocycles. The molecule has 0 aliphatic heterocycles. The van der Waals surface area contributed by atoms with E-state index in [4.69, 9.17) is 5.21 Å². The van der Waals surface area contributed by atoms with Crippen LogP contribution < -0.4 is 0 Å². The largest absolute Gasteiger partial charge is 0.433 e. The predicted molar refractivity (Wildman–Crippen MR) is 23.7 cm³/mol. The van der Waals surface area contributed by atoms with Crippen LogP contribution in [0.1, 0.15) is 0 Å². The Kier molecular flexibility index (Phi) is 0.957. The average Bonchev–Trinajstić information content (AvgIpc) is 2.12. The second-order valence-electron chi connectivity index (χ2n) is 1.21. The van der Waals surface area contributed by atoms with E-state index in [9.17, 15) is 4.91 Å². The van der Waals surface area contributed by atoms with Crippen molar-refractivity contribution in [2.45, 2.75) is 0 Å².